The van der Waals surface area contributed by atoms with Crippen LogP contribution in [0.3, 0.4) is 0 Å². The summed E-state index contributed by atoms with van der Waals surface area (Å²) >= 11 is 6.09. The Morgan fingerprint density at radius 2 is 1.76 bits per heavy atom. The van der Waals surface area contributed by atoms with Gasteiger partial charge < -0.3 is 25.0 Å². The number of nitrogens with one attached hydrogen (secondary N) is 1. The van der Waals surface area contributed by atoms with Gasteiger partial charge >= 0.3 is 0 Å². The van der Waals surface area contributed by atoms with Gasteiger partial charge in [0, 0.05) is 24.2 Å². The number of phenolic OH excluding ortho intramolecular Hbond substituents is 2. The third kappa shape index (κ3) is 3.44. The van der Waals surface area contributed by atoms with Crippen molar-refractivity contribution < 1.29 is 19.7 Å². The van der Waals surface area contributed by atoms with E-state index >= 15 is 0 Å². The molecular formula is C15H16ClNO4. The number of anilines is 1. The summed E-state index contributed by atoms with van der Waals surface area (Å²) in [6.45, 7) is 0.352. The van der Waals surface area contributed by atoms with Crippen LogP contribution in [0.2, 0.25) is 5.02 Å². The van der Waals surface area contributed by atoms with E-state index in [2.05, 4.69) is 5.32 Å². The third-order valence-electron chi connectivity index (χ3n) is 3.01. The minimum Gasteiger partial charge on any atom is -0.508 e. The van der Waals surface area contributed by atoms with Gasteiger partial charge in [-0.1, -0.05) is 11.6 Å². The molecule has 21 heavy (non-hydrogen) atoms. The average Bonchev–Trinajstić information content (AvgIpc) is 2.46. The highest BCUT2D eigenvalue weighted by Gasteiger charge is 2.10. The van der Waals surface area contributed by atoms with Gasteiger partial charge in [-0.3, -0.25) is 0 Å². The minimum absolute atomic E-state index is 0.0149. The molecule has 0 spiro atoms. The molecule has 0 fully saturated rings. The topological polar surface area (TPSA) is 71.0 Å². The number of ether oxygens (including phenoxy) is 2. The van der Waals surface area contributed by atoms with Crippen molar-refractivity contribution in [3.05, 3.63) is 40.9 Å². The molecule has 0 saturated heterocycles. The van der Waals surface area contributed by atoms with E-state index in [0.717, 1.165) is 0 Å². The van der Waals surface area contributed by atoms with Crippen molar-refractivity contribution in [3.63, 3.8) is 0 Å². The summed E-state index contributed by atoms with van der Waals surface area (Å²) in [6.07, 6.45) is 0. The van der Waals surface area contributed by atoms with Crippen LogP contribution in [-0.2, 0) is 6.54 Å². The molecule has 0 bridgehead atoms. The van der Waals surface area contributed by atoms with Crippen molar-refractivity contribution in [2.24, 2.45) is 0 Å². The third-order valence-corrected chi connectivity index (χ3v) is 3.31. The number of hydrogen-bond acceptors (Lipinski definition) is 5. The molecule has 0 atom stereocenters. The predicted molar refractivity (Wildman–Crippen MR) is 81.7 cm³/mol. The predicted octanol–water partition coefficient (Wildman–Crippen LogP) is 3.38. The maximum Gasteiger partial charge on any atom is 0.145 e. The highest BCUT2D eigenvalue weighted by atomic mass is 35.5. The molecule has 0 aliphatic rings. The maximum atomic E-state index is 9.76. The van der Waals surface area contributed by atoms with Crippen LogP contribution in [-0.4, -0.2) is 24.4 Å². The van der Waals surface area contributed by atoms with E-state index in [1.54, 1.807) is 25.3 Å². The van der Waals surface area contributed by atoms with Crippen LogP contribution < -0.4 is 14.8 Å². The van der Waals surface area contributed by atoms with Gasteiger partial charge in [-0.25, -0.2) is 0 Å². The average molecular weight is 310 g/mol. The van der Waals surface area contributed by atoms with Crippen LogP contribution in [0.25, 0.3) is 0 Å². The van der Waals surface area contributed by atoms with Crippen molar-refractivity contribution in [3.8, 4) is 23.0 Å². The highest BCUT2D eigenvalue weighted by Crippen LogP contribution is 2.36. The van der Waals surface area contributed by atoms with Crippen LogP contribution in [0.1, 0.15) is 5.56 Å². The van der Waals surface area contributed by atoms with Crippen molar-refractivity contribution in [2.45, 2.75) is 6.54 Å². The zero-order valence-electron chi connectivity index (χ0n) is 11.7. The van der Waals surface area contributed by atoms with Crippen molar-refractivity contribution >= 4 is 17.3 Å². The molecule has 0 aromatic heterocycles. The zero-order valence-corrected chi connectivity index (χ0v) is 12.4. The summed E-state index contributed by atoms with van der Waals surface area (Å²) in [5, 5.41) is 22.6. The summed E-state index contributed by atoms with van der Waals surface area (Å²) in [6, 6.07) is 7.80. The molecule has 112 valence electrons. The highest BCUT2D eigenvalue weighted by molar-refractivity contribution is 6.32. The molecular weight excluding hydrogens is 294 g/mol. The Labute approximate surface area is 127 Å². The minimum atomic E-state index is 0.0149. The fraction of sp³-hybridized carbons (Fsp3) is 0.200. The lowest BCUT2D eigenvalue weighted by atomic mass is 10.2. The summed E-state index contributed by atoms with van der Waals surface area (Å²) < 4.78 is 10.4. The number of phenols is 2. The van der Waals surface area contributed by atoms with Gasteiger partial charge in [0.05, 0.1) is 24.9 Å². The van der Waals surface area contributed by atoms with Crippen LogP contribution >= 0.6 is 11.6 Å². The molecule has 5 nitrogen and oxygen atoms in total. The summed E-state index contributed by atoms with van der Waals surface area (Å²) in [7, 11) is 3.08. The van der Waals surface area contributed by atoms with Gasteiger partial charge in [0.15, 0.2) is 0 Å². The van der Waals surface area contributed by atoms with Gasteiger partial charge in [0.2, 0.25) is 0 Å². The number of benzene rings is 2. The lowest BCUT2D eigenvalue weighted by molar-refractivity contribution is 0.395. The van der Waals surface area contributed by atoms with Crippen LogP contribution in [0.5, 0.6) is 23.0 Å². The Morgan fingerprint density at radius 3 is 2.38 bits per heavy atom. The van der Waals surface area contributed by atoms with Gasteiger partial charge in [-0.05, 0) is 18.2 Å². The molecule has 0 saturated carbocycles. The smallest absolute Gasteiger partial charge is 0.145 e. The SMILES string of the molecule is COc1cc(OC)c(NCc2ccc(O)cc2O)cc1Cl. The molecule has 3 N–H and O–H groups in total. The molecule has 2 aromatic rings. The van der Waals surface area contributed by atoms with E-state index in [-0.39, 0.29) is 11.5 Å². The Kier molecular flexibility index (Phi) is 4.65. The summed E-state index contributed by atoms with van der Waals surface area (Å²) in [4.78, 5) is 0. The monoisotopic (exact) mass is 309 g/mol. The van der Waals surface area contributed by atoms with E-state index in [1.807, 2.05) is 0 Å². The maximum absolute atomic E-state index is 9.76. The molecule has 0 unspecified atom stereocenters. The zero-order chi connectivity index (χ0) is 15.4. The molecule has 0 radical (unpaired) electrons. The number of halogens is 1. The Hall–Kier alpha value is -2.27. The first kappa shape index (κ1) is 15.1. The number of rotatable bonds is 5. The lowest BCUT2D eigenvalue weighted by Crippen LogP contribution is -2.02. The Morgan fingerprint density at radius 1 is 1.05 bits per heavy atom. The van der Waals surface area contributed by atoms with Gasteiger partial charge in [0.1, 0.15) is 23.0 Å². The van der Waals surface area contributed by atoms with E-state index in [9.17, 15) is 10.2 Å². The second-order valence-electron chi connectivity index (χ2n) is 4.35. The molecule has 2 rings (SSSR count). The molecule has 0 heterocycles. The molecule has 0 amide bonds. The number of aromatic hydroxyl groups is 2. The summed E-state index contributed by atoms with van der Waals surface area (Å²) in [5.74, 6) is 1.13. The van der Waals surface area contributed by atoms with E-state index in [1.165, 1.54) is 19.2 Å². The fourth-order valence-electron chi connectivity index (χ4n) is 1.89. The van der Waals surface area contributed by atoms with Crippen LogP contribution in [0, 0.1) is 0 Å². The Balaban J connectivity index is 2.21. The van der Waals surface area contributed by atoms with E-state index in [4.69, 9.17) is 21.1 Å². The normalized spacial score (nSPS) is 10.2. The second-order valence-corrected chi connectivity index (χ2v) is 4.76. The molecule has 0 aliphatic carbocycles. The van der Waals surface area contributed by atoms with Gasteiger partial charge in [-0.2, -0.15) is 0 Å². The first-order valence-corrected chi connectivity index (χ1v) is 6.59. The lowest BCUT2D eigenvalue weighted by Gasteiger charge is -2.14. The number of methoxy groups -OCH3 is 2. The number of hydrogen-bond donors (Lipinski definition) is 3. The second kappa shape index (κ2) is 6.45. The Bertz CT molecular complexity index is 646. The van der Waals surface area contributed by atoms with E-state index < -0.39 is 0 Å². The van der Waals surface area contributed by atoms with Crippen LogP contribution in [0.4, 0.5) is 5.69 Å². The van der Waals surface area contributed by atoms with Crippen molar-refractivity contribution in [1.29, 1.82) is 0 Å². The largest absolute Gasteiger partial charge is 0.508 e. The summed E-state index contributed by atoms with van der Waals surface area (Å²) in [5.41, 5.74) is 1.32. The van der Waals surface area contributed by atoms with Crippen LogP contribution in [0.15, 0.2) is 30.3 Å². The van der Waals surface area contributed by atoms with Crippen molar-refractivity contribution in [1.82, 2.24) is 0 Å². The first-order chi connectivity index (χ1) is 10.0. The standard InChI is InChI=1S/C15H16ClNO4/c1-20-14-7-15(21-2)12(6-11(14)16)17-8-9-3-4-10(18)5-13(9)19/h3-7,17-19H,8H2,1-2H3. The molecule has 6 heteroatoms. The molecule has 0 aliphatic heterocycles. The fourth-order valence-corrected chi connectivity index (χ4v) is 2.13. The first-order valence-electron chi connectivity index (χ1n) is 6.21. The van der Waals surface area contributed by atoms with Gasteiger partial charge in [-0.15, -0.1) is 0 Å². The quantitative estimate of drug-likeness (QED) is 0.790. The van der Waals surface area contributed by atoms with Crippen molar-refractivity contribution in [2.75, 3.05) is 19.5 Å². The molecule has 2 aromatic carbocycles. The van der Waals surface area contributed by atoms with E-state index in [0.29, 0.717) is 34.3 Å². The van der Waals surface area contributed by atoms with Gasteiger partial charge in [0.25, 0.3) is 0 Å².